The molecule has 1 atom stereocenters. The molecule has 0 N–H and O–H groups in total. The van der Waals surface area contributed by atoms with Crippen molar-refractivity contribution in [2.24, 2.45) is 5.92 Å². The van der Waals surface area contributed by atoms with E-state index in [0.717, 1.165) is 12.8 Å². The number of nitro groups is 1. The lowest BCUT2D eigenvalue weighted by Crippen LogP contribution is -2.44. The summed E-state index contributed by atoms with van der Waals surface area (Å²) < 4.78 is 11.1. The van der Waals surface area contributed by atoms with Crippen LogP contribution in [0.15, 0.2) is 18.2 Å². The van der Waals surface area contributed by atoms with Gasteiger partial charge in [0.2, 0.25) is 0 Å². The van der Waals surface area contributed by atoms with E-state index in [-0.39, 0.29) is 29.4 Å². The number of carbonyl (C=O) groups excluding carboxylic acids is 1. The van der Waals surface area contributed by atoms with E-state index in [4.69, 9.17) is 9.47 Å². The Morgan fingerprint density at radius 2 is 2.09 bits per heavy atom. The number of carbonyl (C=O) groups is 1. The van der Waals surface area contributed by atoms with Crippen LogP contribution in [0, 0.1) is 23.0 Å². The molecule has 2 aliphatic rings. The average Bonchev–Trinajstić information content (AvgIpc) is 3.08. The number of amides is 1. The van der Waals surface area contributed by atoms with E-state index in [1.165, 1.54) is 6.07 Å². The number of para-hydroxylation sites is 1. The molecule has 3 rings (SSSR count). The van der Waals surface area contributed by atoms with Crippen molar-refractivity contribution < 1.29 is 19.2 Å². The van der Waals surface area contributed by atoms with Gasteiger partial charge in [0, 0.05) is 24.6 Å². The van der Waals surface area contributed by atoms with Gasteiger partial charge >= 0.3 is 0 Å². The summed E-state index contributed by atoms with van der Waals surface area (Å²) in [7, 11) is 0. The van der Waals surface area contributed by atoms with Crippen molar-refractivity contribution in [2.45, 2.75) is 26.1 Å². The first kappa shape index (κ1) is 15.9. The Balaban J connectivity index is 1.80. The Labute approximate surface area is 134 Å². The second kappa shape index (κ2) is 6.64. The smallest absolute Gasteiger partial charge is 0.285 e. The quantitative estimate of drug-likeness (QED) is 0.629. The Kier molecular flexibility index (Phi) is 4.58. The van der Waals surface area contributed by atoms with Crippen LogP contribution in [-0.2, 0) is 9.47 Å². The highest BCUT2D eigenvalue weighted by Crippen LogP contribution is 2.29. The van der Waals surface area contributed by atoms with Gasteiger partial charge in [0.1, 0.15) is 5.56 Å². The zero-order valence-electron chi connectivity index (χ0n) is 13.1. The van der Waals surface area contributed by atoms with Crippen LogP contribution < -0.4 is 0 Å². The fourth-order valence-corrected chi connectivity index (χ4v) is 3.31. The summed E-state index contributed by atoms with van der Waals surface area (Å²) in [5, 5.41) is 11.3. The maximum atomic E-state index is 12.8. The van der Waals surface area contributed by atoms with Gasteiger partial charge in [-0.3, -0.25) is 14.9 Å². The van der Waals surface area contributed by atoms with Gasteiger partial charge in [-0.15, -0.1) is 0 Å². The standard InChI is InChI=1S/C16H20N2O5/c1-11-4-2-6-13(14(11)18(20)21)15(19)17-7-3-5-12(10-17)16-22-8-9-23-16/h2,4,6,12,16H,3,5,7-10H2,1H3. The summed E-state index contributed by atoms with van der Waals surface area (Å²) >= 11 is 0. The zero-order valence-corrected chi connectivity index (χ0v) is 13.1. The van der Waals surface area contributed by atoms with E-state index in [1.54, 1.807) is 24.0 Å². The van der Waals surface area contributed by atoms with Crippen LogP contribution in [0.5, 0.6) is 0 Å². The van der Waals surface area contributed by atoms with Crippen LogP contribution in [0.25, 0.3) is 0 Å². The molecule has 2 heterocycles. The minimum Gasteiger partial charge on any atom is -0.350 e. The fraction of sp³-hybridized carbons (Fsp3) is 0.562. The van der Waals surface area contributed by atoms with Crippen molar-refractivity contribution in [2.75, 3.05) is 26.3 Å². The van der Waals surface area contributed by atoms with E-state index in [2.05, 4.69) is 0 Å². The molecule has 124 valence electrons. The maximum absolute atomic E-state index is 12.8. The number of hydrogen-bond donors (Lipinski definition) is 0. The molecule has 2 aliphatic heterocycles. The first-order chi connectivity index (χ1) is 11.1. The van der Waals surface area contributed by atoms with E-state index >= 15 is 0 Å². The average molecular weight is 320 g/mol. The number of aryl methyl sites for hydroxylation is 1. The molecule has 7 heteroatoms. The van der Waals surface area contributed by atoms with Gasteiger partial charge in [0.15, 0.2) is 6.29 Å². The minimum atomic E-state index is -0.479. The molecule has 7 nitrogen and oxygen atoms in total. The molecule has 0 aromatic heterocycles. The molecule has 1 aromatic carbocycles. The molecule has 0 aliphatic carbocycles. The van der Waals surface area contributed by atoms with Gasteiger partial charge in [-0.05, 0) is 25.8 Å². The van der Waals surface area contributed by atoms with Crippen molar-refractivity contribution in [1.82, 2.24) is 4.90 Å². The number of nitro benzene ring substituents is 1. The topological polar surface area (TPSA) is 81.9 Å². The molecule has 1 unspecified atom stereocenters. The second-order valence-electron chi connectivity index (χ2n) is 5.99. The van der Waals surface area contributed by atoms with Gasteiger partial charge < -0.3 is 14.4 Å². The Bertz CT molecular complexity index is 612. The molecule has 1 amide bonds. The first-order valence-electron chi connectivity index (χ1n) is 7.84. The SMILES string of the molecule is Cc1cccc(C(=O)N2CCCC(C3OCCO3)C2)c1[N+](=O)[O-]. The number of piperidine rings is 1. The number of rotatable bonds is 3. The molecule has 2 fully saturated rings. The predicted molar refractivity (Wildman–Crippen MR) is 82.2 cm³/mol. The summed E-state index contributed by atoms with van der Waals surface area (Å²) in [4.78, 5) is 25.3. The molecular formula is C16H20N2O5. The normalized spacial score (nSPS) is 22.3. The summed E-state index contributed by atoms with van der Waals surface area (Å²) in [5.74, 6) is -0.165. The van der Waals surface area contributed by atoms with Crippen LogP contribution in [-0.4, -0.2) is 48.3 Å². The van der Waals surface area contributed by atoms with Crippen LogP contribution in [0.3, 0.4) is 0 Å². The van der Waals surface area contributed by atoms with Crippen LogP contribution in [0.1, 0.15) is 28.8 Å². The van der Waals surface area contributed by atoms with Crippen molar-refractivity contribution >= 4 is 11.6 Å². The highest BCUT2D eigenvalue weighted by atomic mass is 16.7. The van der Waals surface area contributed by atoms with E-state index in [1.807, 2.05) is 0 Å². The summed E-state index contributed by atoms with van der Waals surface area (Å²) in [6, 6.07) is 4.86. The van der Waals surface area contributed by atoms with Gasteiger partial charge in [0.25, 0.3) is 11.6 Å². The number of hydrogen-bond acceptors (Lipinski definition) is 5. The van der Waals surface area contributed by atoms with Crippen LogP contribution >= 0.6 is 0 Å². The molecular weight excluding hydrogens is 300 g/mol. The molecule has 23 heavy (non-hydrogen) atoms. The van der Waals surface area contributed by atoms with Crippen molar-refractivity contribution in [3.8, 4) is 0 Å². The lowest BCUT2D eigenvalue weighted by atomic mass is 9.96. The minimum absolute atomic E-state index is 0.104. The summed E-state index contributed by atoms with van der Waals surface area (Å²) in [6.45, 7) is 3.92. The maximum Gasteiger partial charge on any atom is 0.285 e. The number of benzene rings is 1. The highest BCUT2D eigenvalue weighted by molar-refractivity contribution is 5.98. The molecule has 0 saturated carbocycles. The van der Waals surface area contributed by atoms with Crippen molar-refractivity contribution in [3.63, 3.8) is 0 Å². The molecule has 0 spiro atoms. The third-order valence-electron chi connectivity index (χ3n) is 4.43. The first-order valence-corrected chi connectivity index (χ1v) is 7.84. The van der Waals surface area contributed by atoms with Gasteiger partial charge in [-0.2, -0.15) is 0 Å². The zero-order chi connectivity index (χ0) is 16.4. The number of nitrogens with zero attached hydrogens (tertiary/aromatic N) is 2. The van der Waals surface area contributed by atoms with Crippen molar-refractivity contribution in [1.29, 1.82) is 0 Å². The number of likely N-dealkylation sites (tertiary alicyclic amines) is 1. The third-order valence-corrected chi connectivity index (χ3v) is 4.43. The Morgan fingerprint density at radius 1 is 1.35 bits per heavy atom. The Hall–Kier alpha value is -1.99. The van der Waals surface area contributed by atoms with Gasteiger partial charge in [-0.1, -0.05) is 12.1 Å². The van der Waals surface area contributed by atoms with E-state index in [0.29, 0.717) is 31.9 Å². The van der Waals surface area contributed by atoms with Crippen molar-refractivity contribution in [3.05, 3.63) is 39.4 Å². The monoisotopic (exact) mass is 320 g/mol. The molecule has 0 radical (unpaired) electrons. The van der Waals surface area contributed by atoms with E-state index in [9.17, 15) is 14.9 Å². The van der Waals surface area contributed by atoms with Gasteiger partial charge in [-0.25, -0.2) is 0 Å². The molecule has 2 saturated heterocycles. The molecule has 1 aromatic rings. The highest BCUT2D eigenvalue weighted by Gasteiger charge is 2.34. The predicted octanol–water partition coefficient (Wildman–Crippen LogP) is 2.13. The largest absolute Gasteiger partial charge is 0.350 e. The summed E-state index contributed by atoms with van der Waals surface area (Å²) in [5.41, 5.74) is 0.550. The van der Waals surface area contributed by atoms with Crippen LogP contribution in [0.4, 0.5) is 5.69 Å². The molecule has 0 bridgehead atoms. The Morgan fingerprint density at radius 3 is 2.78 bits per heavy atom. The second-order valence-corrected chi connectivity index (χ2v) is 5.99. The number of ether oxygens (including phenoxy) is 2. The third kappa shape index (κ3) is 3.20. The van der Waals surface area contributed by atoms with Crippen LogP contribution in [0.2, 0.25) is 0 Å². The summed E-state index contributed by atoms with van der Waals surface area (Å²) in [6.07, 6.45) is 1.52. The fourth-order valence-electron chi connectivity index (χ4n) is 3.31. The lowest BCUT2D eigenvalue weighted by molar-refractivity contribution is -0.385. The van der Waals surface area contributed by atoms with E-state index < -0.39 is 4.92 Å². The lowest BCUT2D eigenvalue weighted by Gasteiger charge is -2.34. The van der Waals surface area contributed by atoms with Gasteiger partial charge in [0.05, 0.1) is 18.1 Å².